The van der Waals surface area contributed by atoms with E-state index in [0.717, 1.165) is 31.9 Å². The van der Waals surface area contributed by atoms with Crippen molar-refractivity contribution in [3.05, 3.63) is 47.8 Å². The van der Waals surface area contributed by atoms with Crippen molar-refractivity contribution in [2.24, 2.45) is 0 Å². The van der Waals surface area contributed by atoms with Crippen molar-refractivity contribution in [3.8, 4) is 10.6 Å². The molecule has 19 heavy (non-hydrogen) atoms. The number of hydrogen-bond acceptors (Lipinski definition) is 5. The number of hydrogen-bond donors (Lipinski definition) is 2. The molecule has 5 heteroatoms. The molecule has 0 spiro atoms. The first-order valence-electron chi connectivity index (χ1n) is 5.85. The van der Waals surface area contributed by atoms with E-state index in [1.807, 2.05) is 24.3 Å². The van der Waals surface area contributed by atoms with Crippen LogP contribution >= 0.6 is 11.3 Å². The van der Waals surface area contributed by atoms with Crippen molar-refractivity contribution in [2.45, 2.75) is 13.2 Å². The van der Waals surface area contributed by atoms with E-state index >= 15 is 0 Å². The zero-order chi connectivity index (χ0) is 13.2. The number of fused-ring (bicyclic) bond motifs is 1. The Morgan fingerprint density at radius 3 is 2.63 bits per heavy atom. The quantitative estimate of drug-likeness (QED) is 0.768. The maximum absolute atomic E-state index is 9.13. The van der Waals surface area contributed by atoms with Crippen molar-refractivity contribution in [1.29, 1.82) is 0 Å². The van der Waals surface area contributed by atoms with Crippen molar-refractivity contribution in [2.75, 3.05) is 0 Å². The first-order valence-corrected chi connectivity index (χ1v) is 6.67. The lowest BCUT2D eigenvalue weighted by Gasteiger charge is -1.98. The molecule has 4 nitrogen and oxygen atoms in total. The van der Waals surface area contributed by atoms with E-state index in [0.29, 0.717) is 0 Å². The zero-order valence-corrected chi connectivity index (χ0v) is 10.9. The first kappa shape index (κ1) is 12.2. The van der Waals surface area contributed by atoms with E-state index in [1.54, 1.807) is 23.7 Å². The molecule has 0 saturated heterocycles. The normalized spacial score (nSPS) is 11.1. The van der Waals surface area contributed by atoms with Gasteiger partial charge in [-0.05, 0) is 29.3 Å². The molecule has 0 radical (unpaired) electrons. The van der Waals surface area contributed by atoms with E-state index in [9.17, 15) is 0 Å². The first-order chi connectivity index (χ1) is 9.30. The van der Waals surface area contributed by atoms with Crippen LogP contribution in [-0.4, -0.2) is 20.2 Å². The molecule has 0 unspecified atom stereocenters. The number of thiazole rings is 1. The van der Waals surface area contributed by atoms with E-state index < -0.39 is 0 Å². The molecule has 2 N–H and O–H groups in total. The molecule has 0 bridgehead atoms. The van der Waals surface area contributed by atoms with Crippen molar-refractivity contribution in [1.82, 2.24) is 9.97 Å². The third kappa shape index (κ3) is 2.35. The van der Waals surface area contributed by atoms with E-state index in [-0.39, 0.29) is 13.2 Å². The van der Waals surface area contributed by atoms with Gasteiger partial charge in [0.05, 0.1) is 23.4 Å². The minimum absolute atomic E-state index is 0.0182. The second-order valence-electron chi connectivity index (χ2n) is 4.22. The highest BCUT2D eigenvalue weighted by Gasteiger charge is 2.07. The van der Waals surface area contributed by atoms with E-state index in [4.69, 9.17) is 10.2 Å². The molecule has 0 aliphatic rings. The number of nitrogens with zero attached hydrogens (tertiary/aromatic N) is 2. The Labute approximate surface area is 114 Å². The van der Waals surface area contributed by atoms with Gasteiger partial charge in [-0.15, -0.1) is 11.3 Å². The van der Waals surface area contributed by atoms with Crippen LogP contribution in [0.3, 0.4) is 0 Å². The Kier molecular flexibility index (Phi) is 3.25. The molecular formula is C14H12N2O2S. The fraction of sp³-hybridized carbons (Fsp3) is 0.143. The summed E-state index contributed by atoms with van der Waals surface area (Å²) < 4.78 is 1.07. The summed E-state index contributed by atoms with van der Waals surface area (Å²) in [6.45, 7) is -0.00918. The predicted molar refractivity (Wildman–Crippen MR) is 74.7 cm³/mol. The molecule has 2 heterocycles. The monoisotopic (exact) mass is 272 g/mol. The van der Waals surface area contributed by atoms with Crippen molar-refractivity contribution < 1.29 is 10.2 Å². The highest BCUT2D eigenvalue weighted by Crippen LogP contribution is 2.30. The van der Waals surface area contributed by atoms with Gasteiger partial charge in [-0.3, -0.25) is 4.98 Å². The van der Waals surface area contributed by atoms with Gasteiger partial charge in [0.1, 0.15) is 5.01 Å². The highest BCUT2D eigenvalue weighted by atomic mass is 32.1. The van der Waals surface area contributed by atoms with E-state index in [1.165, 1.54) is 0 Å². The molecule has 0 aliphatic heterocycles. The van der Waals surface area contributed by atoms with Crippen LogP contribution < -0.4 is 0 Å². The summed E-state index contributed by atoms with van der Waals surface area (Å²) in [5.41, 5.74) is 3.40. The number of rotatable bonds is 3. The Morgan fingerprint density at radius 2 is 1.84 bits per heavy atom. The lowest BCUT2D eigenvalue weighted by atomic mass is 10.2. The molecule has 2 aromatic heterocycles. The second-order valence-corrected chi connectivity index (χ2v) is 5.25. The van der Waals surface area contributed by atoms with Crippen LogP contribution in [0, 0.1) is 0 Å². The number of aliphatic hydroxyl groups is 2. The molecular weight excluding hydrogens is 260 g/mol. The van der Waals surface area contributed by atoms with Gasteiger partial charge in [-0.2, -0.15) is 0 Å². The highest BCUT2D eigenvalue weighted by molar-refractivity contribution is 7.21. The van der Waals surface area contributed by atoms with Crippen LogP contribution in [0.4, 0.5) is 0 Å². The largest absolute Gasteiger partial charge is 0.392 e. The van der Waals surface area contributed by atoms with Crippen molar-refractivity contribution >= 4 is 21.6 Å². The Balaban J connectivity index is 2.09. The smallest absolute Gasteiger partial charge is 0.126 e. The Bertz CT molecular complexity index is 724. The summed E-state index contributed by atoms with van der Waals surface area (Å²) in [6.07, 6.45) is 3.38. The lowest BCUT2D eigenvalue weighted by molar-refractivity contribution is 0.281. The maximum Gasteiger partial charge on any atom is 0.126 e. The summed E-state index contributed by atoms with van der Waals surface area (Å²) in [7, 11) is 0. The van der Waals surface area contributed by atoms with Crippen LogP contribution in [0.15, 0.2) is 36.7 Å². The van der Waals surface area contributed by atoms with Crippen LogP contribution in [0.2, 0.25) is 0 Å². The van der Waals surface area contributed by atoms with Gasteiger partial charge < -0.3 is 10.2 Å². The minimum atomic E-state index is -0.0274. The molecule has 0 fully saturated rings. The average Bonchev–Trinajstić information content (AvgIpc) is 2.90. The predicted octanol–water partition coefficient (Wildman–Crippen LogP) is 2.34. The van der Waals surface area contributed by atoms with Crippen LogP contribution in [0.1, 0.15) is 11.1 Å². The maximum atomic E-state index is 9.13. The van der Waals surface area contributed by atoms with Crippen LogP contribution in [-0.2, 0) is 13.2 Å². The topological polar surface area (TPSA) is 66.2 Å². The Hall–Kier alpha value is -1.82. The summed E-state index contributed by atoms with van der Waals surface area (Å²) in [6, 6.07) is 7.63. The van der Waals surface area contributed by atoms with Gasteiger partial charge in [0, 0.05) is 18.0 Å². The average molecular weight is 272 g/mol. The molecule has 0 aliphatic carbocycles. The molecule has 3 rings (SSSR count). The van der Waals surface area contributed by atoms with Gasteiger partial charge in [0.25, 0.3) is 0 Å². The van der Waals surface area contributed by atoms with Crippen LogP contribution in [0.25, 0.3) is 20.8 Å². The number of aromatic nitrogens is 2. The molecule has 1 aromatic carbocycles. The molecule has 3 aromatic rings. The SMILES string of the molecule is OCc1cncc(-c2nc3cc(CO)ccc3s2)c1. The van der Waals surface area contributed by atoms with Crippen molar-refractivity contribution in [3.63, 3.8) is 0 Å². The minimum Gasteiger partial charge on any atom is -0.392 e. The summed E-state index contributed by atoms with van der Waals surface area (Å²) in [5, 5.41) is 19.1. The zero-order valence-electron chi connectivity index (χ0n) is 10.1. The van der Waals surface area contributed by atoms with Gasteiger partial charge in [0.2, 0.25) is 0 Å². The third-order valence-corrected chi connectivity index (χ3v) is 3.94. The fourth-order valence-corrected chi connectivity index (χ4v) is 2.81. The standard InChI is InChI=1S/C14H12N2O2S/c17-7-9-1-2-13-12(4-9)16-14(19-13)11-3-10(8-18)5-15-6-11/h1-6,17-18H,7-8H2. The molecule has 0 amide bonds. The fourth-order valence-electron chi connectivity index (χ4n) is 1.89. The van der Waals surface area contributed by atoms with E-state index in [2.05, 4.69) is 9.97 Å². The summed E-state index contributed by atoms with van der Waals surface area (Å²) >= 11 is 1.57. The number of pyridine rings is 1. The third-order valence-electron chi connectivity index (χ3n) is 2.86. The molecule has 0 atom stereocenters. The molecule has 0 saturated carbocycles. The van der Waals surface area contributed by atoms with Crippen LogP contribution in [0.5, 0.6) is 0 Å². The lowest BCUT2D eigenvalue weighted by Crippen LogP contribution is -1.86. The Morgan fingerprint density at radius 1 is 1.00 bits per heavy atom. The number of benzene rings is 1. The van der Waals surface area contributed by atoms with Gasteiger partial charge in [0.15, 0.2) is 0 Å². The van der Waals surface area contributed by atoms with Gasteiger partial charge in [-0.25, -0.2) is 4.98 Å². The summed E-state index contributed by atoms with van der Waals surface area (Å²) in [4.78, 5) is 8.66. The van der Waals surface area contributed by atoms with Gasteiger partial charge >= 0.3 is 0 Å². The summed E-state index contributed by atoms with van der Waals surface area (Å²) in [5.74, 6) is 0. The second kappa shape index (κ2) is 5.05. The molecule has 96 valence electrons. The number of aliphatic hydroxyl groups excluding tert-OH is 2. The van der Waals surface area contributed by atoms with Gasteiger partial charge in [-0.1, -0.05) is 6.07 Å².